The first-order valence-electron chi connectivity index (χ1n) is 6.42. The molecule has 0 saturated carbocycles. The molecule has 0 radical (unpaired) electrons. The highest BCUT2D eigenvalue weighted by molar-refractivity contribution is 5.95. The lowest BCUT2D eigenvalue weighted by atomic mass is 10.2. The fourth-order valence-corrected chi connectivity index (χ4v) is 1.73. The minimum atomic E-state index is -1.33. The molecule has 0 saturated heterocycles. The van der Waals surface area contributed by atoms with E-state index in [1.165, 1.54) is 4.90 Å². The fourth-order valence-electron chi connectivity index (χ4n) is 1.73. The van der Waals surface area contributed by atoms with Crippen LogP contribution in [0.5, 0.6) is 0 Å². The molecular weight excluding hydrogens is 276 g/mol. The standard InChI is InChI=1S/C14H18N2O5/c1-3-16(10-7-5-4-6-8-10)14(20)15-11(13(18)19)9-12(17)21-2/h4-8,11H,3,9H2,1-2H3,(H,15,20)(H,18,19)/t11-/m0/s1. The van der Waals surface area contributed by atoms with Gasteiger partial charge in [-0.05, 0) is 19.1 Å². The number of carboxylic acid groups (broad SMARTS) is 1. The Morgan fingerprint density at radius 2 is 1.90 bits per heavy atom. The summed E-state index contributed by atoms with van der Waals surface area (Å²) >= 11 is 0. The van der Waals surface area contributed by atoms with E-state index in [2.05, 4.69) is 10.1 Å². The van der Waals surface area contributed by atoms with Crippen LogP contribution in [0.1, 0.15) is 13.3 Å². The van der Waals surface area contributed by atoms with E-state index >= 15 is 0 Å². The highest BCUT2D eigenvalue weighted by atomic mass is 16.5. The Hall–Kier alpha value is -2.57. The molecule has 1 rings (SSSR count). The minimum Gasteiger partial charge on any atom is -0.480 e. The molecule has 0 spiro atoms. The van der Waals surface area contributed by atoms with Crippen molar-refractivity contribution in [2.75, 3.05) is 18.6 Å². The van der Waals surface area contributed by atoms with Crippen molar-refractivity contribution in [3.05, 3.63) is 30.3 Å². The van der Waals surface area contributed by atoms with Crippen LogP contribution < -0.4 is 10.2 Å². The van der Waals surface area contributed by atoms with Crippen LogP contribution in [0.2, 0.25) is 0 Å². The van der Waals surface area contributed by atoms with Crippen molar-refractivity contribution < 1.29 is 24.2 Å². The maximum atomic E-state index is 12.2. The van der Waals surface area contributed by atoms with Crippen molar-refractivity contribution in [3.63, 3.8) is 0 Å². The van der Waals surface area contributed by atoms with Crippen molar-refractivity contribution in [2.45, 2.75) is 19.4 Å². The maximum absolute atomic E-state index is 12.2. The van der Waals surface area contributed by atoms with Crippen LogP contribution >= 0.6 is 0 Å². The van der Waals surface area contributed by atoms with E-state index in [-0.39, 0.29) is 0 Å². The maximum Gasteiger partial charge on any atom is 0.326 e. The van der Waals surface area contributed by atoms with E-state index in [1.54, 1.807) is 31.2 Å². The van der Waals surface area contributed by atoms with Crippen molar-refractivity contribution >= 4 is 23.7 Å². The number of hydrogen-bond acceptors (Lipinski definition) is 4. The number of carboxylic acids is 1. The molecule has 0 bridgehead atoms. The Kier molecular flexibility index (Phi) is 6.19. The van der Waals surface area contributed by atoms with Gasteiger partial charge in [0.2, 0.25) is 0 Å². The molecule has 7 heteroatoms. The van der Waals surface area contributed by atoms with Crippen molar-refractivity contribution in [2.24, 2.45) is 0 Å². The summed E-state index contributed by atoms with van der Waals surface area (Å²) in [6.45, 7) is 2.13. The summed E-state index contributed by atoms with van der Waals surface area (Å²) in [5.41, 5.74) is 0.639. The molecular formula is C14H18N2O5. The van der Waals surface area contributed by atoms with Crippen LogP contribution in [0.4, 0.5) is 10.5 Å². The lowest BCUT2D eigenvalue weighted by molar-refractivity contribution is -0.147. The average molecular weight is 294 g/mol. The molecule has 21 heavy (non-hydrogen) atoms. The molecule has 0 unspecified atom stereocenters. The van der Waals surface area contributed by atoms with Crippen LogP contribution in [0, 0.1) is 0 Å². The number of rotatable bonds is 6. The normalized spacial score (nSPS) is 11.3. The summed E-state index contributed by atoms with van der Waals surface area (Å²) in [4.78, 5) is 35.8. The SMILES string of the molecule is CCN(C(=O)N[C@@H](CC(=O)OC)C(=O)O)c1ccccc1. The van der Waals surface area contributed by atoms with Crippen molar-refractivity contribution in [3.8, 4) is 0 Å². The Labute approximate surface area is 122 Å². The van der Waals surface area contributed by atoms with Gasteiger partial charge in [-0.1, -0.05) is 18.2 Å². The van der Waals surface area contributed by atoms with Gasteiger partial charge in [-0.2, -0.15) is 0 Å². The second-order valence-corrected chi connectivity index (χ2v) is 4.20. The van der Waals surface area contributed by atoms with Gasteiger partial charge >= 0.3 is 18.0 Å². The topological polar surface area (TPSA) is 95.9 Å². The molecule has 0 fully saturated rings. The highest BCUT2D eigenvalue weighted by Crippen LogP contribution is 2.13. The lowest BCUT2D eigenvalue weighted by Gasteiger charge is -2.23. The van der Waals surface area contributed by atoms with Gasteiger partial charge in [-0.3, -0.25) is 9.69 Å². The Bertz CT molecular complexity index is 503. The van der Waals surface area contributed by atoms with Gasteiger partial charge in [-0.25, -0.2) is 9.59 Å². The number of aliphatic carboxylic acids is 1. The van der Waals surface area contributed by atoms with Crippen LogP contribution in [0.25, 0.3) is 0 Å². The van der Waals surface area contributed by atoms with E-state index in [0.29, 0.717) is 12.2 Å². The fraction of sp³-hybridized carbons (Fsp3) is 0.357. The van der Waals surface area contributed by atoms with Crippen LogP contribution in [-0.4, -0.2) is 42.8 Å². The van der Waals surface area contributed by atoms with Gasteiger partial charge < -0.3 is 15.2 Å². The molecule has 1 aromatic carbocycles. The van der Waals surface area contributed by atoms with E-state index in [1.807, 2.05) is 6.07 Å². The quantitative estimate of drug-likeness (QED) is 0.769. The number of carbonyl (C=O) groups is 3. The monoisotopic (exact) mass is 294 g/mol. The summed E-state index contributed by atoms with van der Waals surface area (Å²) < 4.78 is 4.42. The van der Waals surface area contributed by atoms with Crippen LogP contribution in [0.3, 0.4) is 0 Å². The number of anilines is 1. The molecule has 1 atom stereocenters. The van der Waals surface area contributed by atoms with Gasteiger partial charge in [0.15, 0.2) is 0 Å². The summed E-state index contributed by atoms with van der Waals surface area (Å²) in [6.07, 6.45) is -0.427. The van der Waals surface area contributed by atoms with Crippen molar-refractivity contribution in [1.82, 2.24) is 5.32 Å². The first-order chi connectivity index (χ1) is 9.99. The second kappa shape index (κ2) is 7.88. The number of amides is 2. The zero-order chi connectivity index (χ0) is 15.8. The molecule has 2 N–H and O–H groups in total. The van der Waals surface area contributed by atoms with Crippen LogP contribution in [-0.2, 0) is 14.3 Å². The van der Waals surface area contributed by atoms with E-state index in [9.17, 15) is 14.4 Å². The molecule has 0 aliphatic rings. The predicted molar refractivity (Wildman–Crippen MR) is 76.1 cm³/mol. The first-order valence-corrected chi connectivity index (χ1v) is 6.42. The smallest absolute Gasteiger partial charge is 0.326 e. The van der Waals surface area contributed by atoms with E-state index < -0.39 is 30.4 Å². The largest absolute Gasteiger partial charge is 0.480 e. The Morgan fingerprint density at radius 3 is 2.38 bits per heavy atom. The number of urea groups is 1. The summed E-state index contributed by atoms with van der Waals surface area (Å²) in [5, 5.41) is 11.4. The number of methoxy groups -OCH3 is 1. The molecule has 0 aromatic heterocycles. The van der Waals surface area contributed by atoms with Crippen molar-refractivity contribution in [1.29, 1.82) is 0 Å². The number of para-hydroxylation sites is 1. The van der Waals surface area contributed by atoms with Gasteiger partial charge in [0.05, 0.1) is 13.5 Å². The summed E-state index contributed by atoms with van der Waals surface area (Å²) in [6, 6.07) is 6.91. The Balaban J connectivity index is 2.80. The predicted octanol–water partition coefficient (Wildman–Crippen LogP) is 1.24. The number of hydrogen-bond donors (Lipinski definition) is 2. The number of ether oxygens (including phenoxy) is 1. The highest BCUT2D eigenvalue weighted by Gasteiger charge is 2.26. The molecule has 7 nitrogen and oxygen atoms in total. The molecule has 0 aliphatic carbocycles. The number of benzene rings is 1. The number of carbonyl (C=O) groups excluding carboxylic acids is 2. The minimum absolute atomic E-state index is 0.362. The third-order valence-corrected chi connectivity index (χ3v) is 2.82. The number of esters is 1. The number of nitrogens with one attached hydrogen (secondary N) is 1. The third-order valence-electron chi connectivity index (χ3n) is 2.82. The van der Waals surface area contributed by atoms with Gasteiger partial charge in [0.1, 0.15) is 6.04 Å². The summed E-state index contributed by atoms with van der Waals surface area (Å²) in [7, 11) is 1.16. The van der Waals surface area contributed by atoms with Crippen LogP contribution in [0.15, 0.2) is 30.3 Å². The molecule has 114 valence electrons. The second-order valence-electron chi connectivity index (χ2n) is 4.20. The molecule has 1 aromatic rings. The average Bonchev–Trinajstić information content (AvgIpc) is 2.48. The number of nitrogens with zero attached hydrogens (tertiary/aromatic N) is 1. The first kappa shape index (κ1) is 16.5. The van der Waals surface area contributed by atoms with E-state index in [4.69, 9.17) is 5.11 Å². The van der Waals surface area contributed by atoms with Gasteiger partial charge in [0, 0.05) is 12.2 Å². The zero-order valence-electron chi connectivity index (χ0n) is 11.9. The summed E-state index contributed by atoms with van der Waals surface area (Å²) in [5.74, 6) is -2.00. The molecule has 0 aliphatic heterocycles. The lowest BCUT2D eigenvalue weighted by Crippen LogP contribution is -2.49. The van der Waals surface area contributed by atoms with Gasteiger partial charge in [-0.15, -0.1) is 0 Å². The Morgan fingerprint density at radius 1 is 1.29 bits per heavy atom. The van der Waals surface area contributed by atoms with E-state index in [0.717, 1.165) is 7.11 Å². The third kappa shape index (κ3) is 4.79. The zero-order valence-corrected chi connectivity index (χ0v) is 11.9. The van der Waals surface area contributed by atoms with Gasteiger partial charge in [0.25, 0.3) is 0 Å². The molecule has 0 heterocycles. The molecule has 2 amide bonds.